The van der Waals surface area contributed by atoms with Crippen molar-refractivity contribution in [1.82, 2.24) is 18.7 Å². The summed E-state index contributed by atoms with van der Waals surface area (Å²) in [7, 11) is 3.38. The summed E-state index contributed by atoms with van der Waals surface area (Å²) in [5.41, 5.74) is -0.172. The Balaban J connectivity index is 1.55. The molecule has 2 aliphatic heterocycles. The van der Waals surface area contributed by atoms with E-state index in [1.54, 1.807) is 25.0 Å². The third-order valence-corrected chi connectivity index (χ3v) is 5.65. The van der Waals surface area contributed by atoms with Crippen molar-refractivity contribution in [2.24, 2.45) is 14.1 Å². The van der Waals surface area contributed by atoms with Gasteiger partial charge in [0, 0.05) is 14.1 Å². The number of epoxide rings is 2. The highest BCUT2D eigenvalue weighted by molar-refractivity contribution is 5.69. The maximum absolute atomic E-state index is 12.7. The smallest absolute Gasteiger partial charge is 0.332 e. The molecule has 0 saturated carbocycles. The van der Waals surface area contributed by atoms with Gasteiger partial charge < -0.3 is 14.0 Å². The fourth-order valence-electron chi connectivity index (χ4n) is 3.62. The maximum atomic E-state index is 12.7. The lowest BCUT2D eigenvalue weighted by molar-refractivity contribution is 0.272. The molecule has 4 rings (SSSR count). The van der Waals surface area contributed by atoms with Crippen LogP contribution >= 0.6 is 0 Å². The monoisotopic (exact) mass is 348 g/mol. The molecule has 2 aromatic rings. The van der Waals surface area contributed by atoms with Gasteiger partial charge in [0.25, 0.3) is 5.56 Å². The Morgan fingerprint density at radius 1 is 1.16 bits per heavy atom. The van der Waals surface area contributed by atoms with Crippen molar-refractivity contribution in [3.05, 3.63) is 27.2 Å². The first-order valence-electron chi connectivity index (χ1n) is 8.60. The van der Waals surface area contributed by atoms with Crippen LogP contribution in [0.3, 0.4) is 0 Å². The maximum Gasteiger partial charge on any atom is 0.332 e. The zero-order valence-electron chi connectivity index (χ0n) is 15.3. The summed E-state index contributed by atoms with van der Waals surface area (Å²) in [4.78, 5) is 29.4. The molecule has 0 spiro atoms. The summed E-state index contributed by atoms with van der Waals surface area (Å²) in [6.07, 6.45) is 3.47. The van der Waals surface area contributed by atoms with Crippen molar-refractivity contribution in [1.29, 1.82) is 0 Å². The van der Waals surface area contributed by atoms with E-state index >= 15 is 0 Å². The minimum absolute atomic E-state index is 0.0296. The Bertz CT molecular complexity index is 969. The third-order valence-electron chi connectivity index (χ3n) is 5.65. The van der Waals surface area contributed by atoms with E-state index in [0.717, 1.165) is 12.8 Å². The molecule has 0 N–H and O–H groups in total. The van der Waals surface area contributed by atoms with Crippen molar-refractivity contribution < 1.29 is 9.47 Å². The molecule has 3 unspecified atom stereocenters. The lowest BCUT2D eigenvalue weighted by Gasteiger charge is -2.09. The molecule has 136 valence electrons. The van der Waals surface area contributed by atoms with E-state index in [1.165, 1.54) is 9.13 Å². The summed E-state index contributed by atoms with van der Waals surface area (Å²) >= 11 is 0. The first-order chi connectivity index (χ1) is 11.6. The van der Waals surface area contributed by atoms with Crippen molar-refractivity contribution >= 4 is 11.2 Å². The molecule has 2 saturated heterocycles. The third kappa shape index (κ3) is 2.55. The fourth-order valence-corrected chi connectivity index (χ4v) is 3.62. The number of imidazole rings is 1. The molecular weight excluding hydrogens is 324 g/mol. The van der Waals surface area contributed by atoms with Gasteiger partial charge in [-0.05, 0) is 33.6 Å². The molecule has 4 heterocycles. The normalized spacial score (nSPS) is 30.0. The average Bonchev–Trinajstić information content (AvgIpc) is 3.31. The number of ether oxygens (including phenoxy) is 2. The summed E-state index contributed by atoms with van der Waals surface area (Å²) in [5.74, 6) is 0. The van der Waals surface area contributed by atoms with Crippen LogP contribution in [0.1, 0.15) is 33.6 Å². The Hall–Kier alpha value is -1.93. The van der Waals surface area contributed by atoms with Crippen LogP contribution < -0.4 is 11.2 Å². The van der Waals surface area contributed by atoms with Gasteiger partial charge in [0.1, 0.15) is 6.10 Å². The molecule has 2 fully saturated rings. The number of hydrogen-bond donors (Lipinski definition) is 0. The molecule has 2 aromatic heterocycles. The van der Waals surface area contributed by atoms with E-state index < -0.39 is 0 Å². The van der Waals surface area contributed by atoms with Crippen molar-refractivity contribution in [2.45, 2.75) is 63.6 Å². The Morgan fingerprint density at radius 3 is 2.48 bits per heavy atom. The Morgan fingerprint density at radius 2 is 1.84 bits per heavy atom. The van der Waals surface area contributed by atoms with Gasteiger partial charge in [-0.1, -0.05) is 0 Å². The van der Waals surface area contributed by atoms with Gasteiger partial charge in [0.15, 0.2) is 11.2 Å². The van der Waals surface area contributed by atoms with Gasteiger partial charge in [-0.2, -0.15) is 0 Å². The standard InChI is InChI=1S/C17H24N4O4/c1-16(2)10(24-16)6-7-17(3)11(25-17)8-21-14(22)12-13(18-9-19(12)4)20(5)15(21)23/h9-11H,6-8H2,1-5H3. The molecule has 2 aliphatic rings. The van der Waals surface area contributed by atoms with Crippen LogP contribution in [0.2, 0.25) is 0 Å². The average molecular weight is 348 g/mol. The van der Waals surface area contributed by atoms with Gasteiger partial charge in [-0.3, -0.25) is 13.9 Å². The van der Waals surface area contributed by atoms with Crippen LogP contribution in [0.15, 0.2) is 15.9 Å². The zero-order chi connectivity index (χ0) is 18.1. The number of rotatable bonds is 5. The summed E-state index contributed by atoms with van der Waals surface area (Å²) < 4.78 is 15.8. The van der Waals surface area contributed by atoms with Crippen molar-refractivity contribution in [2.75, 3.05) is 0 Å². The van der Waals surface area contributed by atoms with Crippen molar-refractivity contribution in [3.8, 4) is 0 Å². The molecule has 0 radical (unpaired) electrons. The molecule has 3 atom stereocenters. The van der Waals surface area contributed by atoms with Crippen molar-refractivity contribution in [3.63, 3.8) is 0 Å². The van der Waals surface area contributed by atoms with Crippen LogP contribution in [0.25, 0.3) is 11.2 Å². The van der Waals surface area contributed by atoms with Gasteiger partial charge in [-0.25, -0.2) is 9.78 Å². The van der Waals surface area contributed by atoms with Gasteiger partial charge in [0.2, 0.25) is 0 Å². The Kier molecular flexibility index (Phi) is 3.34. The minimum Gasteiger partial charge on any atom is -0.367 e. The molecule has 8 heteroatoms. The second-order valence-electron chi connectivity index (χ2n) is 7.95. The van der Waals surface area contributed by atoms with E-state index in [-0.39, 0.29) is 41.2 Å². The fraction of sp³-hybridized carbons (Fsp3) is 0.706. The molecule has 25 heavy (non-hydrogen) atoms. The van der Waals surface area contributed by atoms with Gasteiger partial charge in [-0.15, -0.1) is 0 Å². The largest absolute Gasteiger partial charge is 0.367 e. The second kappa shape index (κ2) is 5.04. The minimum atomic E-state index is -0.360. The van der Waals surface area contributed by atoms with E-state index in [1.807, 2.05) is 6.92 Å². The van der Waals surface area contributed by atoms with Crippen LogP contribution in [0.5, 0.6) is 0 Å². The number of fused-ring (bicyclic) bond motifs is 1. The van der Waals surface area contributed by atoms with E-state index in [9.17, 15) is 9.59 Å². The SMILES string of the molecule is Cn1cnc2c1c(=O)n(CC1OC1(C)CCC1OC1(C)C)c(=O)n2C. The highest BCUT2D eigenvalue weighted by Crippen LogP contribution is 2.45. The zero-order valence-corrected chi connectivity index (χ0v) is 15.3. The number of aromatic nitrogens is 4. The van der Waals surface area contributed by atoms with Crippen LogP contribution in [0, 0.1) is 0 Å². The van der Waals surface area contributed by atoms with E-state index in [0.29, 0.717) is 11.2 Å². The molecule has 0 aromatic carbocycles. The summed E-state index contributed by atoms with van der Waals surface area (Å²) in [6, 6.07) is 0. The summed E-state index contributed by atoms with van der Waals surface area (Å²) in [5, 5.41) is 0. The molecule has 0 aliphatic carbocycles. The second-order valence-corrected chi connectivity index (χ2v) is 7.95. The number of hydrogen-bond acceptors (Lipinski definition) is 5. The molecule has 8 nitrogen and oxygen atoms in total. The number of aryl methyl sites for hydroxylation is 2. The van der Waals surface area contributed by atoms with Gasteiger partial charge >= 0.3 is 5.69 Å². The predicted molar refractivity (Wildman–Crippen MR) is 91.7 cm³/mol. The lowest BCUT2D eigenvalue weighted by atomic mass is 9.97. The first-order valence-corrected chi connectivity index (χ1v) is 8.60. The van der Waals surface area contributed by atoms with Crippen LogP contribution in [-0.4, -0.2) is 42.1 Å². The molecule has 0 amide bonds. The predicted octanol–water partition coefficient (Wildman–Crippen LogP) is 0.549. The van der Waals surface area contributed by atoms with Gasteiger partial charge in [0.05, 0.1) is 30.2 Å². The van der Waals surface area contributed by atoms with Crippen LogP contribution in [0.4, 0.5) is 0 Å². The van der Waals surface area contributed by atoms with E-state index in [4.69, 9.17) is 9.47 Å². The number of nitrogens with zero attached hydrogens (tertiary/aromatic N) is 4. The molecular formula is C17H24N4O4. The quantitative estimate of drug-likeness (QED) is 0.737. The topological polar surface area (TPSA) is 86.9 Å². The highest BCUT2D eigenvalue weighted by atomic mass is 16.6. The first kappa shape index (κ1) is 16.5. The van der Waals surface area contributed by atoms with Crippen LogP contribution in [-0.2, 0) is 30.1 Å². The summed E-state index contributed by atoms with van der Waals surface area (Å²) in [6.45, 7) is 6.46. The van der Waals surface area contributed by atoms with E-state index in [2.05, 4.69) is 18.8 Å². The highest BCUT2D eigenvalue weighted by Gasteiger charge is 2.55. The Labute approximate surface area is 145 Å². The lowest BCUT2D eigenvalue weighted by Crippen LogP contribution is -2.41. The molecule has 0 bridgehead atoms.